The molecular weight excluding hydrogens is 1700 g/mol. The van der Waals surface area contributed by atoms with Gasteiger partial charge in [-0.15, -0.1) is 24.6 Å². The van der Waals surface area contributed by atoms with Crippen molar-refractivity contribution in [3.05, 3.63) is 94.5 Å². The van der Waals surface area contributed by atoms with E-state index < -0.39 is 54.0 Å². The normalized spacial score (nSPS) is 16.1. The molecule has 3 aliphatic heterocycles. The second kappa shape index (κ2) is 30.7. The number of methoxy groups -OCH3 is 3. The molecule has 10 N–H and O–H groups in total. The zero-order chi connectivity index (χ0) is 53.9. The number of nitrogen functional groups attached to an aromatic ring is 2. The molecule has 3 fully saturated rings. The van der Waals surface area contributed by atoms with E-state index in [-0.39, 0.29) is 242 Å². The van der Waals surface area contributed by atoms with E-state index >= 15 is 0 Å². The Morgan fingerprint density at radius 3 is 1.13 bits per heavy atom. The van der Waals surface area contributed by atoms with E-state index in [4.69, 9.17) is 68.7 Å². The molecule has 6 heterocycles. The number of rotatable bonds is 15. The summed E-state index contributed by atoms with van der Waals surface area (Å²) >= 11 is 5.66. The Morgan fingerprint density at radius 2 is 0.833 bits per heavy atom. The van der Waals surface area contributed by atoms with Crippen LogP contribution >= 0.6 is 11.6 Å². The van der Waals surface area contributed by atoms with Crippen molar-refractivity contribution >= 4 is 93.7 Å². The first-order valence-electron chi connectivity index (χ1n) is 21.6. The predicted octanol–water partition coefficient (Wildman–Crippen LogP) is 6.24. The molecule has 0 spiro atoms. The van der Waals surface area contributed by atoms with Gasteiger partial charge in [-0.25, -0.2) is 27.6 Å². The number of nitrogens with one attached hydrogen (secondary N) is 6. The summed E-state index contributed by atoms with van der Waals surface area (Å²) in [5, 5.41) is 7.90. The first-order chi connectivity index (χ1) is 36.0. The van der Waals surface area contributed by atoms with Gasteiger partial charge in [-0.05, 0) is 66.2 Å². The summed E-state index contributed by atoms with van der Waals surface area (Å²) < 4.78 is 72.8. The number of nitrogens with zero attached hydrogens (tertiary/aromatic N) is 12. The van der Waals surface area contributed by atoms with Crippen LogP contribution in [0.4, 0.5) is 91.4 Å². The van der Waals surface area contributed by atoms with Crippen LogP contribution in [0.5, 0.6) is 18.0 Å². The van der Waals surface area contributed by atoms with Crippen molar-refractivity contribution in [1.82, 2.24) is 44.9 Å². The van der Waals surface area contributed by atoms with Gasteiger partial charge in [0, 0.05) is 132 Å². The maximum atomic E-state index is 14.4. The average molecular weight is 1750 g/mol. The van der Waals surface area contributed by atoms with Gasteiger partial charge >= 0.3 is 36.3 Å². The molecule has 3 saturated heterocycles. The minimum Gasteiger partial charge on any atom is -0.674 e. The number of benzene rings is 3. The molecule has 3 amide bonds. The quantitative estimate of drug-likeness (QED) is 0.0710. The van der Waals surface area contributed by atoms with Crippen LogP contribution in [-0.4, -0.2) is 142 Å². The number of halogens is 4. The smallest absolute Gasteiger partial charge is 0.414 e. The number of hydrogen-bond acceptors (Lipinski definition) is 23. The second-order valence-corrected chi connectivity index (χ2v) is 15.6. The van der Waals surface area contributed by atoms with Crippen molar-refractivity contribution < 1.29 is 188 Å². The number of carbonyl (C=O) groups is 3. The maximum Gasteiger partial charge on any atom is 0.414 e. The maximum absolute atomic E-state index is 14.4. The molecule has 3 atom stereocenters. The van der Waals surface area contributed by atoms with Gasteiger partial charge in [0.05, 0.1) is 75.1 Å². The standard InChI is InChI=1S/C15H16FN6O4.C14H15FN7O3.C13H12ClFN7O2.3Ac/c1-24-13-19-12(20-14(21-13)25-2)18-11-4-3-8(5-10(11)16)22-7-9(6-17)26-15(22)23;1-24-13-20-11(17)19-12(21-13)18-10-3-2-7(4-9(10)15)22-6-8(5-16)25-14(22)23;14-10-19-11(17)21-12(20-10)18-9-2-1-6(3-8(9)15)22-5-7(4-16)24-13(22)23;;;/h3-5,9,17H,6-7H2,1-2H3,(H,18,19,20,21);2-4,8,16H,5-6H2,1H3,(H3,17,18,19,20,21);1-3,7,16H,4-5H2,(H3,17,18,19,20,21);;;/q3*-1;;;/t9-;8-;7-;;;/m000.../s1. The molecule has 36 heteroatoms. The van der Waals surface area contributed by atoms with Gasteiger partial charge in [0.2, 0.25) is 35.0 Å². The summed E-state index contributed by atoms with van der Waals surface area (Å²) in [6, 6.07) is 12.5. The Bertz CT molecular complexity index is 3030. The minimum atomic E-state index is -0.635. The van der Waals surface area contributed by atoms with E-state index in [1.807, 2.05) is 0 Å². The van der Waals surface area contributed by atoms with Crippen molar-refractivity contribution in [1.29, 1.82) is 0 Å². The molecule has 3 aromatic carbocycles. The van der Waals surface area contributed by atoms with E-state index in [0.29, 0.717) is 17.1 Å². The van der Waals surface area contributed by atoms with Crippen molar-refractivity contribution in [3.8, 4) is 18.0 Å². The van der Waals surface area contributed by atoms with Crippen molar-refractivity contribution in [3.63, 3.8) is 0 Å². The van der Waals surface area contributed by atoms with Crippen LogP contribution in [0, 0.1) is 150 Å². The zero-order valence-corrected chi connectivity index (χ0v) is 56.1. The van der Waals surface area contributed by atoms with Crippen molar-refractivity contribution in [2.45, 2.75) is 18.3 Å². The monoisotopic (exact) mass is 1740 g/mol. The Morgan fingerprint density at radius 1 is 0.526 bits per heavy atom. The van der Waals surface area contributed by atoms with Gasteiger partial charge in [0.25, 0.3) is 0 Å². The van der Waals surface area contributed by atoms with E-state index in [2.05, 4.69) is 60.8 Å². The predicted molar refractivity (Wildman–Crippen MR) is 262 cm³/mol. The minimum absolute atomic E-state index is 0. The molecule has 0 saturated carbocycles. The summed E-state index contributed by atoms with van der Waals surface area (Å²) in [4.78, 5) is 73.6. The third-order valence-electron chi connectivity index (χ3n) is 10.2. The van der Waals surface area contributed by atoms with E-state index in [0.717, 1.165) is 0 Å². The third-order valence-corrected chi connectivity index (χ3v) is 10.4. The van der Waals surface area contributed by atoms with E-state index in [9.17, 15) is 27.6 Å². The topological polar surface area (TPSA) is 392 Å². The van der Waals surface area contributed by atoms with Crippen LogP contribution in [0.2, 0.25) is 5.28 Å². The fourth-order valence-corrected chi connectivity index (χ4v) is 6.88. The van der Waals surface area contributed by atoms with Crippen molar-refractivity contribution in [2.24, 2.45) is 0 Å². The number of aromatic nitrogens is 9. The Kier molecular flexibility index (Phi) is 25.8. The number of amides is 3. The largest absolute Gasteiger partial charge is 0.674 e. The van der Waals surface area contributed by atoms with Gasteiger partial charge in [-0.2, -0.15) is 39.9 Å². The van der Waals surface area contributed by atoms with Crippen LogP contribution in [0.3, 0.4) is 0 Å². The number of nitrogens with two attached hydrogens (primary N) is 2. The van der Waals surface area contributed by atoms with Crippen LogP contribution in [0.25, 0.3) is 17.2 Å². The number of hydrogen-bond donors (Lipinski definition) is 5. The van der Waals surface area contributed by atoms with Gasteiger partial charge in [-0.3, -0.25) is 14.7 Å². The first kappa shape index (κ1) is 65.7. The molecule has 29 nitrogen and oxygen atoms in total. The molecule has 0 bridgehead atoms. The van der Waals surface area contributed by atoms with Gasteiger partial charge in [-0.1, -0.05) is 0 Å². The summed E-state index contributed by atoms with van der Waals surface area (Å²) in [6.45, 7) is 0.465. The molecule has 0 aliphatic carbocycles. The number of anilines is 11. The zero-order valence-electron chi connectivity index (χ0n) is 41.1. The van der Waals surface area contributed by atoms with E-state index in [1.54, 1.807) is 12.1 Å². The van der Waals surface area contributed by atoms with Crippen molar-refractivity contribution in [2.75, 3.05) is 103 Å². The van der Waals surface area contributed by atoms with Crippen LogP contribution in [0.1, 0.15) is 0 Å². The number of carbonyl (C=O) groups excluding carboxylic acids is 3. The molecular formula is C42H43Ac3ClF3N20O9-3. The third kappa shape index (κ3) is 17.3. The van der Waals surface area contributed by atoms with E-state index in [1.165, 1.54) is 78.5 Å². The first-order valence-corrected chi connectivity index (χ1v) is 22.0. The molecule has 0 unspecified atom stereocenters. The average Bonchev–Trinajstić information content (AvgIpc) is 4.10. The molecule has 405 valence electrons. The summed E-state index contributed by atoms with van der Waals surface area (Å²) in [6.07, 6.45) is -3.37. The fourth-order valence-electron chi connectivity index (χ4n) is 6.71. The summed E-state index contributed by atoms with van der Waals surface area (Å²) in [5.41, 5.74) is 34.0. The SMILES string of the molecule is COc1nc(N)nc(Nc2ccc(N3C[C@H](C[NH-])OC3=O)cc2F)n1.COc1nc(Nc2ccc(N3C[C@H](C[NH-])OC3=O)cc2F)nc(OC)n1.[Ac].[Ac].[Ac].[NH-]C[C@H]1CN(c2ccc(Nc3nc(N)nc(Cl)n3)c(F)c2)C(=O)O1. The summed E-state index contributed by atoms with van der Waals surface area (Å²) in [7, 11) is 4.13. The Labute approximate surface area is 553 Å². The number of cyclic esters (lactones) is 3. The molecule has 6 aromatic rings. The Hall–Kier alpha value is -4.82. The summed E-state index contributed by atoms with van der Waals surface area (Å²) in [5.74, 6) is -2.01. The molecule has 3 radical (unpaired) electrons. The second-order valence-electron chi connectivity index (χ2n) is 15.3. The molecule has 3 aromatic heterocycles. The van der Waals surface area contributed by atoms with Gasteiger partial charge in [0.15, 0.2) is 0 Å². The van der Waals surface area contributed by atoms with Gasteiger partial charge in [0.1, 0.15) is 35.8 Å². The molecule has 78 heavy (non-hydrogen) atoms. The van der Waals surface area contributed by atoms with Crippen LogP contribution < -0.4 is 56.3 Å². The molecule has 3 aliphatic rings. The van der Waals surface area contributed by atoms with Gasteiger partial charge < -0.3 is 73.0 Å². The number of ether oxygens (including phenoxy) is 6. The van der Waals surface area contributed by atoms with Crippen LogP contribution in [0.15, 0.2) is 54.6 Å². The molecule has 9 rings (SSSR count). The Balaban J connectivity index is 0.000000248. The van der Waals surface area contributed by atoms with Crippen LogP contribution in [-0.2, 0) is 14.2 Å². The fraction of sp³-hybridized carbons (Fsp3) is 0.286.